The van der Waals surface area contributed by atoms with Crippen LogP contribution in [-0.4, -0.2) is 32.0 Å². The molecule has 0 heterocycles. The first-order valence-electron chi connectivity index (χ1n) is 8.49. The van der Waals surface area contributed by atoms with E-state index < -0.39 is 0 Å². The van der Waals surface area contributed by atoms with E-state index in [2.05, 4.69) is 10.6 Å². The van der Waals surface area contributed by atoms with E-state index in [9.17, 15) is 9.59 Å². The molecule has 1 unspecified atom stereocenters. The van der Waals surface area contributed by atoms with Gasteiger partial charge >= 0.3 is 0 Å². The molecule has 0 saturated carbocycles. The van der Waals surface area contributed by atoms with Crippen molar-refractivity contribution in [2.24, 2.45) is 0 Å². The van der Waals surface area contributed by atoms with E-state index in [4.69, 9.17) is 11.6 Å². The number of hydrogen-bond acceptors (Lipinski definition) is 2. The minimum absolute atomic E-state index is 0.119. The fourth-order valence-electron chi connectivity index (χ4n) is 2.73. The Bertz CT molecular complexity index is 800. The molecule has 6 heteroatoms. The fourth-order valence-corrected chi connectivity index (χ4v) is 2.90. The molecule has 2 amide bonds. The third-order valence-electron chi connectivity index (χ3n) is 4.14. The van der Waals surface area contributed by atoms with Crippen molar-refractivity contribution < 1.29 is 14.5 Å². The Kier molecular flexibility index (Phi) is 6.77. The first-order chi connectivity index (χ1) is 12.3. The second kappa shape index (κ2) is 8.83. The highest BCUT2D eigenvalue weighted by atomic mass is 35.5. The maximum atomic E-state index is 12.3. The molecule has 0 aromatic heterocycles. The highest BCUT2D eigenvalue weighted by Gasteiger charge is 2.16. The Morgan fingerprint density at radius 3 is 2.12 bits per heavy atom. The van der Waals surface area contributed by atoms with Gasteiger partial charge in [0.25, 0.3) is 11.8 Å². The van der Waals surface area contributed by atoms with E-state index >= 15 is 0 Å². The summed E-state index contributed by atoms with van der Waals surface area (Å²) >= 11 is 5.97. The Morgan fingerprint density at radius 1 is 0.923 bits per heavy atom. The van der Waals surface area contributed by atoms with Gasteiger partial charge in [-0.3, -0.25) is 9.59 Å². The molecule has 2 aromatic rings. The smallest absolute Gasteiger partial charge is 0.279 e. The normalized spacial score (nSPS) is 11.7. The van der Waals surface area contributed by atoms with E-state index in [-0.39, 0.29) is 24.9 Å². The lowest BCUT2D eigenvalue weighted by Gasteiger charge is -2.16. The number of quaternary nitrogens is 1. The van der Waals surface area contributed by atoms with E-state index in [1.807, 2.05) is 52.1 Å². The molecule has 0 spiro atoms. The Labute approximate surface area is 159 Å². The molecular weight excluding hydrogens is 350 g/mol. The molecule has 2 rings (SSSR count). The Balaban J connectivity index is 1.89. The second-order valence-electron chi connectivity index (χ2n) is 6.63. The van der Waals surface area contributed by atoms with Gasteiger partial charge in [-0.2, -0.15) is 0 Å². The summed E-state index contributed by atoms with van der Waals surface area (Å²) in [6.45, 7) is 6.21. The summed E-state index contributed by atoms with van der Waals surface area (Å²) in [5, 5.41) is 6.36. The monoisotopic (exact) mass is 374 g/mol. The number of halogens is 1. The molecule has 0 aliphatic rings. The maximum absolute atomic E-state index is 12.3. The van der Waals surface area contributed by atoms with Crippen LogP contribution in [0.2, 0.25) is 5.02 Å². The number of nitrogens with one attached hydrogen (secondary N) is 3. The van der Waals surface area contributed by atoms with Crippen LogP contribution in [0.25, 0.3) is 0 Å². The predicted molar refractivity (Wildman–Crippen MR) is 106 cm³/mol. The molecule has 0 fully saturated rings. The zero-order valence-corrected chi connectivity index (χ0v) is 16.3. The quantitative estimate of drug-likeness (QED) is 0.726. The van der Waals surface area contributed by atoms with Crippen LogP contribution >= 0.6 is 11.6 Å². The van der Waals surface area contributed by atoms with Crippen LogP contribution in [0.1, 0.15) is 16.7 Å². The number of likely N-dealkylation sites (N-methyl/N-ethyl adjacent to an activating group) is 1. The Hall–Kier alpha value is -2.37. The summed E-state index contributed by atoms with van der Waals surface area (Å²) in [6.07, 6.45) is 0. The average Bonchev–Trinajstić information content (AvgIpc) is 2.54. The highest BCUT2D eigenvalue weighted by molar-refractivity contribution is 6.31. The molecule has 26 heavy (non-hydrogen) atoms. The summed E-state index contributed by atoms with van der Waals surface area (Å²) in [5.74, 6) is -0.278. The SMILES string of the molecule is Cc1ccc(Cl)cc1NC(=O)C[NH+](C)CC(=O)Nc1c(C)cccc1C. The molecule has 0 saturated heterocycles. The molecule has 0 bridgehead atoms. The topological polar surface area (TPSA) is 62.6 Å². The summed E-state index contributed by atoms with van der Waals surface area (Å²) in [6, 6.07) is 11.2. The molecule has 138 valence electrons. The first-order valence-corrected chi connectivity index (χ1v) is 8.87. The third-order valence-corrected chi connectivity index (χ3v) is 4.38. The number of carbonyl (C=O) groups is 2. The maximum Gasteiger partial charge on any atom is 0.279 e. The molecule has 2 aromatic carbocycles. The predicted octanol–water partition coefficient (Wildman–Crippen LogP) is 2.36. The zero-order chi connectivity index (χ0) is 19.3. The van der Waals surface area contributed by atoms with Gasteiger partial charge in [-0.1, -0.05) is 35.9 Å². The van der Waals surface area contributed by atoms with Crippen LogP contribution in [0.5, 0.6) is 0 Å². The van der Waals surface area contributed by atoms with E-state index in [0.717, 1.165) is 27.3 Å². The van der Waals surface area contributed by atoms with Crippen molar-refractivity contribution >= 4 is 34.8 Å². The number of amides is 2. The third kappa shape index (κ3) is 5.58. The van der Waals surface area contributed by atoms with Gasteiger partial charge in [0.1, 0.15) is 0 Å². The van der Waals surface area contributed by atoms with Crippen molar-refractivity contribution in [1.82, 2.24) is 0 Å². The van der Waals surface area contributed by atoms with Crippen molar-refractivity contribution in [1.29, 1.82) is 0 Å². The summed E-state index contributed by atoms with van der Waals surface area (Å²) in [4.78, 5) is 25.3. The molecule has 5 nitrogen and oxygen atoms in total. The van der Waals surface area contributed by atoms with E-state index in [0.29, 0.717) is 10.7 Å². The molecular formula is C20H25ClN3O2+. The highest BCUT2D eigenvalue weighted by Crippen LogP contribution is 2.20. The van der Waals surface area contributed by atoms with Gasteiger partial charge in [-0.15, -0.1) is 0 Å². The lowest BCUT2D eigenvalue weighted by molar-refractivity contribution is -0.862. The second-order valence-corrected chi connectivity index (χ2v) is 7.07. The molecule has 3 N–H and O–H groups in total. The number of anilines is 2. The molecule has 1 atom stereocenters. The van der Waals surface area contributed by atoms with Crippen molar-refractivity contribution in [3.8, 4) is 0 Å². The molecule has 0 radical (unpaired) electrons. The van der Waals surface area contributed by atoms with Gasteiger partial charge in [0.2, 0.25) is 0 Å². The van der Waals surface area contributed by atoms with Crippen LogP contribution < -0.4 is 15.5 Å². The first kappa shape index (κ1) is 19.9. The lowest BCUT2D eigenvalue weighted by Crippen LogP contribution is -3.11. The minimum atomic E-state index is -0.160. The average molecular weight is 375 g/mol. The number of aryl methyl sites for hydroxylation is 3. The number of rotatable bonds is 6. The van der Waals surface area contributed by atoms with Crippen molar-refractivity contribution in [3.05, 3.63) is 58.1 Å². The van der Waals surface area contributed by atoms with E-state index in [1.54, 1.807) is 12.1 Å². The van der Waals surface area contributed by atoms with Crippen LogP contribution in [0, 0.1) is 20.8 Å². The van der Waals surface area contributed by atoms with Crippen molar-refractivity contribution in [2.45, 2.75) is 20.8 Å². The van der Waals surface area contributed by atoms with Gasteiger partial charge in [-0.25, -0.2) is 0 Å². The summed E-state index contributed by atoms with van der Waals surface area (Å²) in [7, 11) is 1.81. The van der Waals surface area contributed by atoms with Crippen LogP contribution in [0.4, 0.5) is 11.4 Å². The molecule has 0 aliphatic heterocycles. The number of hydrogen-bond donors (Lipinski definition) is 3. The largest absolute Gasteiger partial charge is 0.322 e. The van der Waals surface area contributed by atoms with Gasteiger partial charge in [0.05, 0.1) is 7.05 Å². The number of benzene rings is 2. The molecule has 0 aliphatic carbocycles. The lowest BCUT2D eigenvalue weighted by atomic mass is 10.1. The standard InChI is InChI=1S/C20H24ClN3O2/c1-13-8-9-16(21)10-17(13)22-18(25)11-24(4)12-19(26)23-20-14(2)6-5-7-15(20)3/h5-10H,11-12H2,1-4H3,(H,22,25)(H,23,26)/p+1. The van der Waals surface area contributed by atoms with Gasteiger partial charge in [0.15, 0.2) is 13.1 Å². The zero-order valence-electron chi connectivity index (χ0n) is 15.6. The Morgan fingerprint density at radius 2 is 1.50 bits per heavy atom. The van der Waals surface area contributed by atoms with E-state index in [1.165, 1.54) is 0 Å². The number of para-hydroxylation sites is 1. The van der Waals surface area contributed by atoms with Crippen LogP contribution in [0.15, 0.2) is 36.4 Å². The van der Waals surface area contributed by atoms with Crippen LogP contribution in [-0.2, 0) is 9.59 Å². The summed E-state index contributed by atoms with van der Waals surface area (Å²) in [5.41, 5.74) is 4.50. The number of carbonyl (C=O) groups excluding carboxylic acids is 2. The van der Waals surface area contributed by atoms with Gasteiger partial charge in [-0.05, 0) is 49.6 Å². The summed E-state index contributed by atoms with van der Waals surface area (Å²) < 4.78 is 0. The van der Waals surface area contributed by atoms with Gasteiger partial charge in [0, 0.05) is 16.4 Å². The van der Waals surface area contributed by atoms with Crippen LogP contribution in [0.3, 0.4) is 0 Å². The van der Waals surface area contributed by atoms with Crippen molar-refractivity contribution in [3.63, 3.8) is 0 Å². The minimum Gasteiger partial charge on any atom is -0.322 e. The fraction of sp³-hybridized carbons (Fsp3) is 0.300. The van der Waals surface area contributed by atoms with Crippen molar-refractivity contribution in [2.75, 3.05) is 30.8 Å². The van der Waals surface area contributed by atoms with Gasteiger partial charge < -0.3 is 15.5 Å².